The Morgan fingerprint density at radius 1 is 1.46 bits per heavy atom. The van der Waals surface area contributed by atoms with Gasteiger partial charge in [0.25, 0.3) is 0 Å². The Labute approximate surface area is 137 Å². The van der Waals surface area contributed by atoms with Crippen molar-refractivity contribution in [2.24, 2.45) is 0 Å². The Kier molecular flexibility index (Phi) is 4.06. The monoisotopic (exact) mass is 340 g/mol. The van der Waals surface area contributed by atoms with Crippen molar-refractivity contribution in [2.75, 3.05) is 31.3 Å². The summed E-state index contributed by atoms with van der Waals surface area (Å²) >= 11 is 0. The first-order valence-corrected chi connectivity index (χ1v) is 7.62. The predicted octanol–water partition coefficient (Wildman–Crippen LogP) is -0.157. The number of anilines is 2. The fourth-order valence-corrected chi connectivity index (χ4v) is 2.98. The largest absolute Gasteiger partial charge is 0.393 e. The molecular formula is C14H21FN6O3. The van der Waals surface area contributed by atoms with E-state index in [2.05, 4.69) is 15.0 Å². The average molecular weight is 340 g/mol. The molecule has 0 bridgehead atoms. The molecule has 9 nitrogen and oxygen atoms in total. The lowest BCUT2D eigenvalue weighted by molar-refractivity contribution is -0.128. The number of nitrogens with zero attached hydrogens (tertiary/aromatic N) is 5. The van der Waals surface area contributed by atoms with Crippen LogP contribution in [-0.4, -0.2) is 68.3 Å². The molecule has 10 heteroatoms. The van der Waals surface area contributed by atoms with Crippen LogP contribution in [-0.2, 0) is 4.74 Å². The smallest absolute Gasteiger partial charge is 0.224 e. The zero-order valence-electron chi connectivity index (χ0n) is 13.7. The molecule has 0 saturated carbocycles. The van der Waals surface area contributed by atoms with Gasteiger partial charge in [0, 0.05) is 14.1 Å². The molecular weight excluding hydrogens is 319 g/mol. The molecule has 1 saturated heterocycles. The Bertz CT molecular complexity index is 747. The summed E-state index contributed by atoms with van der Waals surface area (Å²) in [6.45, 7) is 1.22. The van der Waals surface area contributed by atoms with Crippen LogP contribution in [0.5, 0.6) is 0 Å². The number of imidazole rings is 1. The SMILES string of the molecule is CC[C@]1(CO)O[C@@H](n2cnc3c(N(C)C)nc(N)nc32)[C@@H](F)[C@@H]1O. The van der Waals surface area contributed by atoms with E-state index < -0.39 is 30.7 Å². The highest BCUT2D eigenvalue weighted by atomic mass is 19.1. The summed E-state index contributed by atoms with van der Waals surface area (Å²) in [5.74, 6) is 0.514. The van der Waals surface area contributed by atoms with E-state index in [1.54, 1.807) is 25.9 Å². The van der Waals surface area contributed by atoms with Crippen molar-refractivity contribution in [3.63, 3.8) is 0 Å². The summed E-state index contributed by atoms with van der Waals surface area (Å²) in [4.78, 5) is 14.2. The zero-order chi connectivity index (χ0) is 17.6. The van der Waals surface area contributed by atoms with Gasteiger partial charge < -0.3 is 25.6 Å². The molecule has 0 unspecified atom stereocenters. The summed E-state index contributed by atoms with van der Waals surface area (Å²) in [7, 11) is 3.56. The number of aliphatic hydroxyl groups is 2. The molecule has 0 spiro atoms. The molecule has 0 amide bonds. The molecule has 24 heavy (non-hydrogen) atoms. The molecule has 1 fully saturated rings. The highest BCUT2D eigenvalue weighted by molar-refractivity contribution is 5.84. The van der Waals surface area contributed by atoms with E-state index in [-0.39, 0.29) is 12.4 Å². The number of aromatic nitrogens is 4. The normalized spacial score (nSPS) is 30.2. The van der Waals surface area contributed by atoms with E-state index in [1.807, 2.05) is 0 Å². The van der Waals surface area contributed by atoms with Gasteiger partial charge in [-0.15, -0.1) is 0 Å². The van der Waals surface area contributed by atoms with Crippen LogP contribution in [0, 0.1) is 0 Å². The van der Waals surface area contributed by atoms with Crippen LogP contribution in [0.2, 0.25) is 0 Å². The summed E-state index contributed by atoms with van der Waals surface area (Å²) in [6, 6.07) is 0. The van der Waals surface area contributed by atoms with E-state index in [4.69, 9.17) is 10.5 Å². The number of halogens is 1. The van der Waals surface area contributed by atoms with E-state index in [0.717, 1.165) is 0 Å². The minimum absolute atomic E-state index is 0.0193. The maximum atomic E-state index is 14.7. The summed E-state index contributed by atoms with van der Waals surface area (Å²) in [5, 5.41) is 19.8. The van der Waals surface area contributed by atoms with Gasteiger partial charge in [0.2, 0.25) is 5.95 Å². The van der Waals surface area contributed by atoms with Crippen molar-refractivity contribution in [3.8, 4) is 0 Å². The molecule has 0 radical (unpaired) electrons. The van der Waals surface area contributed by atoms with Gasteiger partial charge in [0.05, 0.1) is 12.9 Å². The van der Waals surface area contributed by atoms with Gasteiger partial charge in [0.1, 0.15) is 11.7 Å². The van der Waals surface area contributed by atoms with Crippen LogP contribution in [0.15, 0.2) is 6.33 Å². The van der Waals surface area contributed by atoms with Gasteiger partial charge >= 0.3 is 0 Å². The quantitative estimate of drug-likeness (QED) is 0.702. The lowest BCUT2D eigenvalue weighted by Crippen LogP contribution is -2.44. The summed E-state index contributed by atoms with van der Waals surface area (Å²) in [5.41, 5.74) is 5.13. The Hall–Kier alpha value is -2.04. The van der Waals surface area contributed by atoms with Gasteiger partial charge in [-0.25, -0.2) is 9.37 Å². The fourth-order valence-electron chi connectivity index (χ4n) is 2.98. The second-order valence-electron chi connectivity index (χ2n) is 6.10. The molecule has 3 heterocycles. The van der Waals surface area contributed by atoms with Gasteiger partial charge in [-0.2, -0.15) is 9.97 Å². The van der Waals surface area contributed by atoms with E-state index in [1.165, 1.54) is 10.9 Å². The maximum absolute atomic E-state index is 14.7. The fraction of sp³-hybridized carbons (Fsp3) is 0.643. The standard InChI is InChI=1S/C14H21FN6O3/c1-4-14(5-22)9(23)7(15)12(24-14)21-6-17-8-10(20(2)3)18-13(16)19-11(8)21/h6-7,9,12,22-23H,4-5H2,1-3H3,(H2,16,18,19)/t7-,9-,12+,14+/m0/s1. The van der Waals surface area contributed by atoms with Crippen LogP contribution in [0.3, 0.4) is 0 Å². The Balaban J connectivity index is 2.11. The number of ether oxygens (including phenoxy) is 1. The third kappa shape index (κ3) is 2.29. The van der Waals surface area contributed by atoms with E-state index >= 15 is 0 Å². The topological polar surface area (TPSA) is 123 Å². The van der Waals surface area contributed by atoms with Gasteiger partial charge in [-0.3, -0.25) is 4.57 Å². The number of nitrogens with two attached hydrogens (primary N) is 1. The zero-order valence-corrected chi connectivity index (χ0v) is 13.7. The van der Waals surface area contributed by atoms with E-state index in [0.29, 0.717) is 17.0 Å². The number of hydrogen-bond donors (Lipinski definition) is 3. The van der Waals surface area contributed by atoms with Crippen LogP contribution in [0.25, 0.3) is 11.2 Å². The first-order valence-electron chi connectivity index (χ1n) is 7.62. The van der Waals surface area contributed by atoms with Gasteiger partial charge in [-0.05, 0) is 6.42 Å². The number of fused-ring (bicyclic) bond motifs is 1. The summed E-state index contributed by atoms with van der Waals surface area (Å²) in [6.07, 6.45) is -2.73. The molecule has 2 aromatic heterocycles. The second kappa shape index (κ2) is 5.80. The van der Waals surface area contributed by atoms with Crippen molar-refractivity contribution >= 4 is 22.9 Å². The highest BCUT2D eigenvalue weighted by Crippen LogP contribution is 2.42. The molecule has 132 valence electrons. The lowest BCUT2D eigenvalue weighted by atomic mass is 9.94. The van der Waals surface area contributed by atoms with Gasteiger partial charge in [0.15, 0.2) is 29.4 Å². The van der Waals surface area contributed by atoms with Crippen molar-refractivity contribution in [1.82, 2.24) is 19.5 Å². The van der Waals surface area contributed by atoms with Crippen molar-refractivity contribution in [3.05, 3.63) is 6.33 Å². The molecule has 3 rings (SSSR count). The highest BCUT2D eigenvalue weighted by Gasteiger charge is 2.55. The molecule has 4 N–H and O–H groups in total. The van der Waals surface area contributed by atoms with Crippen LogP contribution in [0.4, 0.5) is 16.2 Å². The minimum Gasteiger partial charge on any atom is -0.393 e. The number of aliphatic hydroxyl groups excluding tert-OH is 2. The minimum atomic E-state index is -1.74. The number of hydrogen-bond acceptors (Lipinski definition) is 8. The summed E-state index contributed by atoms with van der Waals surface area (Å²) < 4.78 is 21.8. The predicted molar refractivity (Wildman–Crippen MR) is 85.2 cm³/mol. The molecule has 2 aromatic rings. The second-order valence-corrected chi connectivity index (χ2v) is 6.10. The van der Waals surface area contributed by atoms with Gasteiger partial charge in [-0.1, -0.05) is 6.92 Å². The molecule has 0 aromatic carbocycles. The number of nitrogen functional groups attached to an aromatic ring is 1. The lowest BCUT2D eigenvalue weighted by Gasteiger charge is -2.28. The van der Waals surface area contributed by atoms with Crippen molar-refractivity contribution < 1.29 is 19.3 Å². The molecule has 1 aliphatic heterocycles. The third-order valence-corrected chi connectivity index (χ3v) is 4.45. The van der Waals surface area contributed by atoms with Crippen molar-refractivity contribution in [2.45, 2.75) is 37.4 Å². The van der Waals surface area contributed by atoms with Crippen LogP contribution < -0.4 is 10.6 Å². The Morgan fingerprint density at radius 3 is 2.71 bits per heavy atom. The van der Waals surface area contributed by atoms with E-state index in [9.17, 15) is 14.6 Å². The molecule has 4 atom stereocenters. The average Bonchev–Trinajstić information content (AvgIpc) is 3.07. The number of alkyl halides is 1. The third-order valence-electron chi connectivity index (χ3n) is 4.45. The first kappa shape index (κ1) is 16.8. The first-order chi connectivity index (χ1) is 11.3. The number of rotatable bonds is 4. The molecule has 0 aliphatic carbocycles. The maximum Gasteiger partial charge on any atom is 0.224 e. The van der Waals surface area contributed by atoms with Crippen LogP contribution in [0.1, 0.15) is 19.6 Å². The van der Waals surface area contributed by atoms with Crippen molar-refractivity contribution in [1.29, 1.82) is 0 Å². The Morgan fingerprint density at radius 2 is 2.17 bits per heavy atom. The van der Waals surface area contributed by atoms with Crippen LogP contribution >= 0.6 is 0 Å². The molecule has 1 aliphatic rings.